The third kappa shape index (κ3) is 6.66. The molecule has 1 aliphatic heterocycles. The second-order valence-corrected chi connectivity index (χ2v) is 7.35. The first-order chi connectivity index (χ1) is 13.7. The number of piperidine rings is 1. The molecule has 2 aromatic carbocycles. The van der Waals surface area contributed by atoms with Crippen LogP contribution in [0.2, 0.25) is 0 Å². The summed E-state index contributed by atoms with van der Waals surface area (Å²) in [5.41, 5.74) is 3.28. The minimum Gasteiger partial charge on any atom is -0.497 e. The van der Waals surface area contributed by atoms with Crippen molar-refractivity contribution in [2.24, 2.45) is 0 Å². The minimum absolute atomic E-state index is 0.0935. The summed E-state index contributed by atoms with van der Waals surface area (Å²) in [5, 5.41) is 6.44. The number of hydrogen-bond acceptors (Lipinski definition) is 4. The lowest BCUT2D eigenvalue weighted by Crippen LogP contribution is -2.32. The summed E-state index contributed by atoms with van der Waals surface area (Å²) in [6.45, 7) is 4.71. The predicted octanol–water partition coefficient (Wildman–Crippen LogP) is 3.80. The molecule has 1 saturated heterocycles. The largest absolute Gasteiger partial charge is 0.497 e. The van der Waals surface area contributed by atoms with Crippen LogP contribution in [0.4, 0.5) is 5.69 Å². The van der Waals surface area contributed by atoms with Crippen LogP contribution in [0.3, 0.4) is 0 Å². The average Bonchev–Trinajstić information content (AvgIpc) is 2.75. The molecule has 0 saturated carbocycles. The van der Waals surface area contributed by atoms with Crippen molar-refractivity contribution in [3.8, 4) is 5.75 Å². The molecule has 1 heterocycles. The van der Waals surface area contributed by atoms with Gasteiger partial charge in [-0.1, -0.05) is 30.7 Å². The zero-order chi connectivity index (χ0) is 19.6. The quantitative estimate of drug-likeness (QED) is 0.694. The fraction of sp³-hybridized carbons (Fsp3) is 0.435. The molecule has 2 N–H and O–H groups in total. The normalized spacial score (nSPS) is 14.6. The third-order valence-corrected chi connectivity index (χ3v) is 5.16. The summed E-state index contributed by atoms with van der Waals surface area (Å²) < 4.78 is 5.17. The Morgan fingerprint density at radius 1 is 0.929 bits per heavy atom. The van der Waals surface area contributed by atoms with Gasteiger partial charge in [-0.05, 0) is 61.3 Å². The summed E-state index contributed by atoms with van der Waals surface area (Å²) in [6.07, 6.45) is 4.40. The number of nitrogens with zero attached hydrogens (tertiary/aromatic N) is 1. The number of ether oxygens (including phenoxy) is 1. The molecule has 2 aromatic rings. The molecule has 0 bridgehead atoms. The highest BCUT2D eigenvalue weighted by Gasteiger charge is 2.11. The summed E-state index contributed by atoms with van der Waals surface area (Å²) >= 11 is 0. The zero-order valence-electron chi connectivity index (χ0n) is 16.7. The van der Waals surface area contributed by atoms with E-state index < -0.39 is 0 Å². The van der Waals surface area contributed by atoms with E-state index in [2.05, 4.69) is 39.8 Å². The van der Waals surface area contributed by atoms with Crippen LogP contribution in [-0.4, -0.2) is 37.6 Å². The van der Waals surface area contributed by atoms with Crippen molar-refractivity contribution in [2.75, 3.05) is 32.1 Å². The number of likely N-dealkylation sites (tertiary alicyclic amines) is 1. The Bertz CT molecular complexity index is 723. The average molecular weight is 382 g/mol. The highest BCUT2D eigenvalue weighted by Crippen LogP contribution is 2.13. The van der Waals surface area contributed by atoms with Crippen molar-refractivity contribution < 1.29 is 9.53 Å². The van der Waals surface area contributed by atoms with Crippen molar-refractivity contribution in [1.82, 2.24) is 10.2 Å². The minimum atomic E-state index is 0.0935. The number of methoxy groups -OCH3 is 1. The van der Waals surface area contributed by atoms with E-state index in [1.54, 1.807) is 7.11 Å². The lowest BCUT2D eigenvalue weighted by atomic mass is 10.1. The van der Waals surface area contributed by atoms with Gasteiger partial charge in [0.05, 0.1) is 7.11 Å². The van der Waals surface area contributed by atoms with Gasteiger partial charge < -0.3 is 20.3 Å². The van der Waals surface area contributed by atoms with Crippen molar-refractivity contribution in [1.29, 1.82) is 0 Å². The standard InChI is InChI=1S/C23H31N3O2/c1-28-22-11-7-20(8-12-22)18-24-17-19-5-9-21(10-6-19)25-23(27)13-16-26-14-3-2-4-15-26/h5-12,24H,2-4,13-18H2,1H3,(H,25,27). The van der Waals surface area contributed by atoms with Crippen LogP contribution in [0.25, 0.3) is 0 Å². The van der Waals surface area contributed by atoms with Crippen LogP contribution in [-0.2, 0) is 17.9 Å². The molecule has 1 amide bonds. The summed E-state index contributed by atoms with van der Waals surface area (Å²) in [7, 11) is 1.67. The summed E-state index contributed by atoms with van der Waals surface area (Å²) in [5.74, 6) is 0.966. The van der Waals surface area contributed by atoms with Gasteiger partial charge in [-0.3, -0.25) is 4.79 Å². The molecule has 0 unspecified atom stereocenters. The van der Waals surface area contributed by atoms with Gasteiger partial charge in [-0.15, -0.1) is 0 Å². The number of carbonyl (C=O) groups is 1. The van der Waals surface area contributed by atoms with E-state index in [-0.39, 0.29) is 5.91 Å². The molecule has 1 fully saturated rings. The fourth-order valence-corrected chi connectivity index (χ4v) is 3.47. The topological polar surface area (TPSA) is 53.6 Å². The Morgan fingerprint density at radius 2 is 1.54 bits per heavy atom. The second kappa shape index (κ2) is 10.8. The number of amides is 1. The zero-order valence-corrected chi connectivity index (χ0v) is 16.7. The van der Waals surface area contributed by atoms with Gasteiger partial charge in [-0.25, -0.2) is 0 Å². The number of hydrogen-bond donors (Lipinski definition) is 2. The Hall–Kier alpha value is -2.37. The first kappa shape index (κ1) is 20.4. The lowest BCUT2D eigenvalue weighted by molar-refractivity contribution is -0.116. The maximum Gasteiger partial charge on any atom is 0.225 e. The molecule has 5 heteroatoms. The summed E-state index contributed by atoms with van der Waals surface area (Å²) in [6, 6.07) is 16.1. The first-order valence-electron chi connectivity index (χ1n) is 10.2. The van der Waals surface area contributed by atoms with Gasteiger partial charge in [0, 0.05) is 31.7 Å². The van der Waals surface area contributed by atoms with Gasteiger partial charge >= 0.3 is 0 Å². The number of nitrogens with one attached hydrogen (secondary N) is 2. The molecule has 5 nitrogen and oxygen atoms in total. The number of carbonyl (C=O) groups excluding carboxylic acids is 1. The van der Waals surface area contributed by atoms with E-state index in [0.29, 0.717) is 6.42 Å². The molecule has 0 aliphatic carbocycles. The number of rotatable bonds is 9. The van der Waals surface area contributed by atoms with Crippen LogP contribution < -0.4 is 15.4 Å². The molecule has 28 heavy (non-hydrogen) atoms. The molecular formula is C23H31N3O2. The van der Waals surface area contributed by atoms with E-state index in [1.165, 1.54) is 30.4 Å². The molecule has 3 rings (SSSR count). The highest BCUT2D eigenvalue weighted by atomic mass is 16.5. The number of anilines is 1. The van der Waals surface area contributed by atoms with Crippen LogP contribution in [0.1, 0.15) is 36.8 Å². The van der Waals surface area contributed by atoms with E-state index in [0.717, 1.165) is 44.2 Å². The number of benzene rings is 2. The van der Waals surface area contributed by atoms with Crippen LogP contribution in [0.5, 0.6) is 5.75 Å². The van der Waals surface area contributed by atoms with Crippen molar-refractivity contribution in [3.63, 3.8) is 0 Å². The fourth-order valence-electron chi connectivity index (χ4n) is 3.47. The van der Waals surface area contributed by atoms with Crippen LogP contribution in [0, 0.1) is 0 Å². The molecule has 0 spiro atoms. The predicted molar refractivity (Wildman–Crippen MR) is 114 cm³/mol. The monoisotopic (exact) mass is 381 g/mol. The first-order valence-corrected chi connectivity index (χ1v) is 10.2. The van der Waals surface area contributed by atoms with E-state index in [4.69, 9.17) is 4.74 Å². The van der Waals surface area contributed by atoms with Gasteiger partial charge in [-0.2, -0.15) is 0 Å². The summed E-state index contributed by atoms with van der Waals surface area (Å²) in [4.78, 5) is 14.5. The van der Waals surface area contributed by atoms with E-state index in [9.17, 15) is 4.79 Å². The molecule has 0 atom stereocenters. The van der Waals surface area contributed by atoms with Gasteiger partial charge in [0.1, 0.15) is 5.75 Å². The van der Waals surface area contributed by atoms with Gasteiger partial charge in [0.25, 0.3) is 0 Å². The van der Waals surface area contributed by atoms with Crippen molar-refractivity contribution >= 4 is 11.6 Å². The Balaban J connectivity index is 1.37. The van der Waals surface area contributed by atoms with Gasteiger partial charge in [0.15, 0.2) is 0 Å². The van der Waals surface area contributed by atoms with Crippen molar-refractivity contribution in [3.05, 3.63) is 59.7 Å². The molecular weight excluding hydrogens is 350 g/mol. The molecule has 0 aromatic heterocycles. The second-order valence-electron chi connectivity index (χ2n) is 7.35. The lowest BCUT2D eigenvalue weighted by Gasteiger charge is -2.25. The SMILES string of the molecule is COc1ccc(CNCc2ccc(NC(=O)CCN3CCCCC3)cc2)cc1. The molecule has 0 radical (unpaired) electrons. The van der Waals surface area contributed by atoms with Crippen LogP contribution in [0.15, 0.2) is 48.5 Å². The van der Waals surface area contributed by atoms with Gasteiger partial charge in [0.2, 0.25) is 5.91 Å². The molecule has 150 valence electrons. The van der Waals surface area contributed by atoms with E-state index >= 15 is 0 Å². The smallest absolute Gasteiger partial charge is 0.225 e. The maximum atomic E-state index is 12.2. The Labute approximate surface area is 168 Å². The third-order valence-electron chi connectivity index (χ3n) is 5.16. The van der Waals surface area contributed by atoms with Crippen LogP contribution >= 0.6 is 0 Å². The maximum absolute atomic E-state index is 12.2. The van der Waals surface area contributed by atoms with E-state index in [1.807, 2.05) is 24.3 Å². The highest BCUT2D eigenvalue weighted by molar-refractivity contribution is 5.90. The Morgan fingerprint density at radius 3 is 2.14 bits per heavy atom. The molecule has 1 aliphatic rings. The van der Waals surface area contributed by atoms with Crippen molar-refractivity contribution in [2.45, 2.75) is 38.8 Å². The Kier molecular flexibility index (Phi) is 7.88.